The quantitative estimate of drug-likeness (QED) is 0.121. The van der Waals surface area contributed by atoms with Crippen LogP contribution in [-0.2, 0) is 24.0 Å². The van der Waals surface area contributed by atoms with E-state index in [0.29, 0.717) is 32.6 Å². The summed E-state index contributed by atoms with van der Waals surface area (Å²) in [5.41, 5.74) is 0. The molecule has 10 heteroatoms. The molecule has 0 aromatic rings. The van der Waals surface area contributed by atoms with Crippen molar-refractivity contribution in [2.45, 2.75) is 86.5 Å². The Morgan fingerprint density at radius 2 is 1.03 bits per heavy atom. The Hall–Kier alpha value is -3.79. The molecule has 5 N–H and O–H groups in total. The maximum atomic E-state index is 11.2. The first-order chi connectivity index (χ1) is 18.6. The molecule has 0 bridgehead atoms. The molecule has 0 spiro atoms. The fourth-order valence-electron chi connectivity index (χ4n) is 2.54. The number of allylic oxidation sites excluding steroid dienone is 1. The van der Waals surface area contributed by atoms with Crippen LogP contribution in [0.25, 0.3) is 0 Å². The van der Waals surface area contributed by atoms with E-state index in [1.54, 1.807) is 19.9 Å². The number of rotatable bonds is 15. The summed E-state index contributed by atoms with van der Waals surface area (Å²) in [6, 6.07) is 0. The first-order valence-electron chi connectivity index (χ1n) is 13.3. The van der Waals surface area contributed by atoms with Crippen LogP contribution in [-0.4, -0.2) is 62.3 Å². The van der Waals surface area contributed by atoms with Crippen LogP contribution in [0.1, 0.15) is 86.5 Å². The smallest absolute Gasteiger partial charge is 0.243 e. The van der Waals surface area contributed by atoms with E-state index in [1.165, 1.54) is 26.8 Å². The number of carbonyl (C=O) groups is 5. The summed E-state index contributed by atoms with van der Waals surface area (Å²) < 4.78 is 0. The molecule has 39 heavy (non-hydrogen) atoms. The maximum Gasteiger partial charge on any atom is 0.243 e. The third kappa shape index (κ3) is 44.6. The zero-order valence-electron chi connectivity index (χ0n) is 24.7. The summed E-state index contributed by atoms with van der Waals surface area (Å²) in [7, 11) is 0. The summed E-state index contributed by atoms with van der Waals surface area (Å²) in [5, 5.41) is 13.5. The molecule has 0 rings (SSSR count). The van der Waals surface area contributed by atoms with E-state index in [4.69, 9.17) is 0 Å². The van der Waals surface area contributed by atoms with Crippen LogP contribution in [0.5, 0.6) is 0 Å². The molecule has 0 radical (unpaired) electrons. The third-order valence-corrected chi connectivity index (χ3v) is 4.45. The second-order valence-corrected chi connectivity index (χ2v) is 8.17. The Morgan fingerprint density at radius 3 is 1.46 bits per heavy atom. The number of carbonyl (C=O) groups excluding carboxylic acids is 5. The second-order valence-electron chi connectivity index (χ2n) is 8.17. The van der Waals surface area contributed by atoms with Crippen molar-refractivity contribution in [3.8, 4) is 23.7 Å². The topological polar surface area (TPSA) is 146 Å². The van der Waals surface area contributed by atoms with Crippen molar-refractivity contribution in [2.75, 3.05) is 32.7 Å². The normalized spacial score (nSPS) is 8.97. The molecule has 0 aliphatic carbocycles. The summed E-state index contributed by atoms with van der Waals surface area (Å²) in [6.45, 7) is 12.8. The highest BCUT2D eigenvalue weighted by Gasteiger charge is 1.99. The minimum Gasteiger partial charge on any atom is -0.356 e. The third-order valence-electron chi connectivity index (χ3n) is 4.45. The highest BCUT2D eigenvalue weighted by molar-refractivity contribution is 5.87. The Morgan fingerprint density at radius 1 is 0.590 bits per heavy atom. The fourth-order valence-corrected chi connectivity index (χ4v) is 2.54. The fraction of sp³-hybridized carbons (Fsp3) is 0.621. The molecule has 0 atom stereocenters. The largest absolute Gasteiger partial charge is 0.356 e. The number of nitrogens with one attached hydrogen (secondary N) is 5. The van der Waals surface area contributed by atoms with Crippen molar-refractivity contribution in [2.24, 2.45) is 0 Å². The minimum atomic E-state index is -0.0423. The molecule has 0 aliphatic heterocycles. The van der Waals surface area contributed by atoms with Crippen molar-refractivity contribution in [1.29, 1.82) is 0 Å². The van der Waals surface area contributed by atoms with Crippen LogP contribution < -0.4 is 26.6 Å². The van der Waals surface area contributed by atoms with Gasteiger partial charge in [-0.3, -0.25) is 24.0 Å². The first kappa shape index (κ1) is 39.7. The van der Waals surface area contributed by atoms with Crippen LogP contribution >= 0.6 is 0 Å². The highest BCUT2D eigenvalue weighted by Crippen LogP contribution is 1.98. The van der Waals surface area contributed by atoms with E-state index in [2.05, 4.69) is 50.3 Å². The van der Waals surface area contributed by atoms with Gasteiger partial charge in [0.05, 0.1) is 13.1 Å². The minimum absolute atomic E-state index is 0.00381. The van der Waals surface area contributed by atoms with Gasteiger partial charge in [-0.1, -0.05) is 24.3 Å². The summed E-state index contributed by atoms with van der Waals surface area (Å²) >= 11 is 0. The molecule has 0 saturated carbocycles. The molecular formula is C29H49N5O5. The van der Waals surface area contributed by atoms with Gasteiger partial charge in [0.2, 0.25) is 29.5 Å². The van der Waals surface area contributed by atoms with Crippen LogP contribution in [0.3, 0.4) is 0 Å². The number of unbranched alkanes of at least 4 members (excludes halogenated alkanes) is 4. The van der Waals surface area contributed by atoms with E-state index in [-0.39, 0.29) is 29.5 Å². The van der Waals surface area contributed by atoms with Gasteiger partial charge in [-0.05, 0) is 59.0 Å². The Bertz CT molecular complexity index is 848. The Balaban J connectivity index is -0.000000526. The predicted octanol–water partition coefficient (Wildman–Crippen LogP) is 1.95. The zero-order valence-corrected chi connectivity index (χ0v) is 24.7. The average Bonchev–Trinajstić information content (AvgIpc) is 2.86. The molecule has 220 valence electrons. The molecule has 0 saturated heterocycles. The van der Waals surface area contributed by atoms with E-state index in [0.717, 1.165) is 45.1 Å². The number of hydrogen-bond donors (Lipinski definition) is 5. The lowest BCUT2D eigenvalue weighted by Crippen LogP contribution is -2.23. The van der Waals surface area contributed by atoms with E-state index >= 15 is 0 Å². The molecule has 0 unspecified atom stereocenters. The molecule has 0 aliphatic rings. The van der Waals surface area contributed by atoms with Crippen molar-refractivity contribution in [3.05, 3.63) is 12.2 Å². The van der Waals surface area contributed by atoms with Gasteiger partial charge in [0.1, 0.15) is 0 Å². The van der Waals surface area contributed by atoms with Gasteiger partial charge in [0.15, 0.2) is 0 Å². The molecule has 0 aromatic carbocycles. The molecule has 5 amide bonds. The van der Waals surface area contributed by atoms with Crippen LogP contribution in [0.4, 0.5) is 0 Å². The summed E-state index contributed by atoms with van der Waals surface area (Å²) in [4.78, 5) is 53.4. The molecule has 0 heterocycles. The molecular weight excluding hydrogens is 498 g/mol. The van der Waals surface area contributed by atoms with Crippen molar-refractivity contribution < 1.29 is 24.0 Å². The highest BCUT2D eigenvalue weighted by atomic mass is 16.2. The maximum absolute atomic E-state index is 11.2. The van der Waals surface area contributed by atoms with Gasteiger partial charge < -0.3 is 26.6 Å². The Labute approximate surface area is 235 Å². The summed E-state index contributed by atoms with van der Waals surface area (Å²) in [5.74, 6) is 10.8. The van der Waals surface area contributed by atoms with Crippen LogP contribution in [0.15, 0.2) is 12.2 Å². The van der Waals surface area contributed by atoms with Gasteiger partial charge in [-0.2, -0.15) is 0 Å². The lowest BCUT2D eigenvalue weighted by molar-refractivity contribution is -0.121. The SMILES string of the molecule is CC#CCNC(=O)CCCCCNC(C)=O.CC#CCNC(C)=O.CC=CC(=O)NCCCCCNC(C)=O. The van der Waals surface area contributed by atoms with Gasteiger partial charge >= 0.3 is 0 Å². The lowest BCUT2D eigenvalue weighted by atomic mass is 10.2. The second kappa shape index (κ2) is 32.2. The van der Waals surface area contributed by atoms with Crippen molar-refractivity contribution in [3.63, 3.8) is 0 Å². The van der Waals surface area contributed by atoms with Crippen molar-refractivity contribution >= 4 is 29.5 Å². The van der Waals surface area contributed by atoms with Gasteiger partial charge in [0.25, 0.3) is 0 Å². The Kier molecular flexibility index (Phi) is 32.8. The van der Waals surface area contributed by atoms with Crippen LogP contribution in [0, 0.1) is 23.7 Å². The van der Waals surface area contributed by atoms with Crippen LogP contribution in [0.2, 0.25) is 0 Å². The zero-order chi connectivity index (χ0) is 30.2. The van der Waals surface area contributed by atoms with E-state index in [1.807, 2.05) is 6.92 Å². The standard InChI is InChI=1S/C12H20N2O2.C11H20N2O2.C6H9NO/c1-3-4-9-14-12(16)8-6-5-7-10-13-11(2)15;1-3-7-11(15)13-9-6-4-5-8-12-10(2)14;1-3-4-5-7-6(2)8/h5-10H2,1-2H3,(H,13,15)(H,14,16);3,7H,4-6,8-9H2,1-2H3,(H,12,14)(H,13,15);5H2,1-2H3,(H,7,8). The number of amides is 5. The number of hydrogen-bond acceptors (Lipinski definition) is 5. The van der Waals surface area contributed by atoms with Gasteiger partial charge in [-0.15, -0.1) is 11.8 Å². The first-order valence-corrected chi connectivity index (χ1v) is 13.3. The van der Waals surface area contributed by atoms with Gasteiger partial charge in [0, 0.05) is 46.8 Å². The van der Waals surface area contributed by atoms with Crippen molar-refractivity contribution in [1.82, 2.24) is 26.6 Å². The lowest BCUT2D eigenvalue weighted by Gasteiger charge is -2.03. The van der Waals surface area contributed by atoms with E-state index in [9.17, 15) is 24.0 Å². The van der Waals surface area contributed by atoms with Gasteiger partial charge in [-0.25, -0.2) is 0 Å². The van der Waals surface area contributed by atoms with E-state index < -0.39 is 0 Å². The molecule has 0 fully saturated rings. The monoisotopic (exact) mass is 547 g/mol. The average molecular weight is 548 g/mol. The summed E-state index contributed by atoms with van der Waals surface area (Å²) in [6.07, 6.45) is 9.40. The predicted molar refractivity (Wildman–Crippen MR) is 156 cm³/mol. The molecule has 0 aromatic heterocycles. The molecule has 10 nitrogen and oxygen atoms in total.